The van der Waals surface area contributed by atoms with Crippen LogP contribution in [0.15, 0.2) is 12.5 Å². The Kier molecular flexibility index (Phi) is 2.23. The van der Waals surface area contributed by atoms with Gasteiger partial charge in [-0.2, -0.15) is 0 Å². The van der Waals surface area contributed by atoms with E-state index in [-0.39, 0.29) is 0 Å². The molecule has 2 heterocycles. The van der Waals surface area contributed by atoms with Crippen LogP contribution in [0.25, 0.3) is 11.2 Å². The number of nitrogens with one attached hydrogen (secondary N) is 1. The van der Waals surface area contributed by atoms with Gasteiger partial charge in [0.25, 0.3) is 0 Å². The smallest absolute Gasteiger partial charge is 0.177 e. The minimum absolute atomic E-state index is 0.565. The van der Waals surface area contributed by atoms with E-state index in [1.54, 1.807) is 6.33 Å². The van der Waals surface area contributed by atoms with Gasteiger partial charge in [-0.05, 0) is 30.4 Å². The van der Waals surface area contributed by atoms with Crippen LogP contribution in [-0.4, -0.2) is 15.0 Å². The van der Waals surface area contributed by atoms with Crippen molar-refractivity contribution < 1.29 is 0 Å². The zero-order chi connectivity index (χ0) is 10.1. The topological polar surface area (TPSA) is 41.6 Å². The zero-order valence-corrected chi connectivity index (χ0v) is 8.83. The Hall–Kier alpha value is -1.38. The van der Waals surface area contributed by atoms with Gasteiger partial charge in [0.2, 0.25) is 0 Å². The van der Waals surface area contributed by atoms with Crippen LogP contribution in [0.3, 0.4) is 0 Å². The number of aryl methyl sites for hydroxylation is 1. The summed E-state index contributed by atoms with van der Waals surface area (Å²) < 4.78 is 0. The third-order valence-corrected chi connectivity index (χ3v) is 2.90. The van der Waals surface area contributed by atoms with Crippen LogP contribution in [0.2, 0.25) is 0 Å². The number of aromatic amines is 1. The first kappa shape index (κ1) is 9.19. The Labute approximate surface area is 83.6 Å². The molecule has 74 valence electrons. The van der Waals surface area contributed by atoms with Crippen molar-refractivity contribution in [1.29, 1.82) is 0 Å². The van der Waals surface area contributed by atoms with Gasteiger partial charge in [-0.15, -0.1) is 0 Å². The molecule has 0 aromatic carbocycles. The van der Waals surface area contributed by atoms with Crippen molar-refractivity contribution in [2.45, 2.75) is 33.1 Å². The highest BCUT2D eigenvalue weighted by atomic mass is 14.9. The first-order chi connectivity index (χ1) is 6.74. The molecule has 2 aromatic heterocycles. The van der Waals surface area contributed by atoms with E-state index in [2.05, 4.69) is 35.7 Å². The van der Waals surface area contributed by atoms with Crippen molar-refractivity contribution in [1.82, 2.24) is 15.0 Å². The summed E-state index contributed by atoms with van der Waals surface area (Å²) in [6.45, 7) is 6.55. The molecule has 0 aliphatic rings. The number of hydrogen-bond donors (Lipinski definition) is 1. The fourth-order valence-corrected chi connectivity index (χ4v) is 1.75. The van der Waals surface area contributed by atoms with Crippen LogP contribution >= 0.6 is 0 Å². The summed E-state index contributed by atoms with van der Waals surface area (Å²) in [6.07, 6.45) is 4.79. The lowest BCUT2D eigenvalue weighted by atomic mass is 9.96. The van der Waals surface area contributed by atoms with Gasteiger partial charge in [-0.25, -0.2) is 9.97 Å². The first-order valence-electron chi connectivity index (χ1n) is 5.02. The van der Waals surface area contributed by atoms with Crippen LogP contribution in [0, 0.1) is 6.92 Å². The van der Waals surface area contributed by atoms with Crippen LogP contribution < -0.4 is 0 Å². The number of hydrogen-bond acceptors (Lipinski definition) is 2. The summed E-state index contributed by atoms with van der Waals surface area (Å²) in [6, 6.07) is 0. The van der Waals surface area contributed by atoms with Gasteiger partial charge in [0.15, 0.2) is 5.65 Å². The Balaban J connectivity index is 2.61. The van der Waals surface area contributed by atoms with E-state index in [0.29, 0.717) is 5.92 Å². The SMILES string of the molecule is CCC(C)c1cnc2nc[nH]c2c1C. The van der Waals surface area contributed by atoms with E-state index in [4.69, 9.17) is 0 Å². The fraction of sp³-hybridized carbons (Fsp3) is 0.455. The second kappa shape index (κ2) is 3.40. The number of aromatic nitrogens is 3. The van der Waals surface area contributed by atoms with Gasteiger partial charge in [0.05, 0.1) is 11.8 Å². The van der Waals surface area contributed by atoms with E-state index in [1.165, 1.54) is 11.1 Å². The minimum Gasteiger partial charge on any atom is -0.343 e. The molecule has 0 fully saturated rings. The van der Waals surface area contributed by atoms with E-state index in [9.17, 15) is 0 Å². The number of imidazole rings is 1. The average molecular weight is 189 g/mol. The van der Waals surface area contributed by atoms with Gasteiger partial charge >= 0.3 is 0 Å². The quantitative estimate of drug-likeness (QED) is 0.789. The van der Waals surface area contributed by atoms with Crippen LogP contribution in [0.5, 0.6) is 0 Å². The van der Waals surface area contributed by atoms with Crippen molar-refractivity contribution in [2.75, 3.05) is 0 Å². The van der Waals surface area contributed by atoms with Crippen molar-refractivity contribution in [3.8, 4) is 0 Å². The molecule has 0 bridgehead atoms. The molecule has 3 heteroatoms. The Morgan fingerprint density at radius 3 is 2.93 bits per heavy atom. The molecule has 0 spiro atoms. The lowest BCUT2D eigenvalue weighted by Gasteiger charge is -2.11. The molecule has 0 saturated heterocycles. The maximum atomic E-state index is 4.33. The summed E-state index contributed by atoms with van der Waals surface area (Å²) in [5.74, 6) is 0.565. The van der Waals surface area contributed by atoms with Crippen molar-refractivity contribution >= 4 is 11.2 Å². The number of rotatable bonds is 2. The molecule has 1 N–H and O–H groups in total. The summed E-state index contributed by atoms with van der Waals surface area (Å²) >= 11 is 0. The predicted octanol–water partition coefficient (Wildman–Crippen LogP) is 2.78. The lowest BCUT2D eigenvalue weighted by Crippen LogP contribution is -1.97. The molecule has 0 saturated carbocycles. The highest BCUT2D eigenvalue weighted by molar-refractivity contribution is 5.75. The first-order valence-corrected chi connectivity index (χ1v) is 5.02. The van der Waals surface area contributed by atoms with Crippen molar-refractivity contribution in [2.24, 2.45) is 0 Å². The molecule has 3 nitrogen and oxygen atoms in total. The van der Waals surface area contributed by atoms with E-state index in [0.717, 1.165) is 17.6 Å². The fourth-order valence-electron chi connectivity index (χ4n) is 1.75. The van der Waals surface area contributed by atoms with Crippen LogP contribution in [0.4, 0.5) is 0 Å². The highest BCUT2D eigenvalue weighted by Gasteiger charge is 2.10. The molecule has 1 unspecified atom stereocenters. The van der Waals surface area contributed by atoms with Crippen LogP contribution in [-0.2, 0) is 0 Å². The maximum absolute atomic E-state index is 4.33. The molecule has 14 heavy (non-hydrogen) atoms. The van der Waals surface area contributed by atoms with Crippen molar-refractivity contribution in [3.05, 3.63) is 23.7 Å². The molecule has 1 atom stereocenters. The second-order valence-corrected chi connectivity index (χ2v) is 3.75. The number of pyridine rings is 1. The van der Waals surface area contributed by atoms with Gasteiger partial charge in [-0.3, -0.25) is 0 Å². The largest absolute Gasteiger partial charge is 0.343 e. The molecular weight excluding hydrogens is 174 g/mol. The highest BCUT2D eigenvalue weighted by Crippen LogP contribution is 2.25. The minimum atomic E-state index is 0.565. The summed E-state index contributed by atoms with van der Waals surface area (Å²) in [5, 5.41) is 0. The maximum Gasteiger partial charge on any atom is 0.177 e. The summed E-state index contributed by atoms with van der Waals surface area (Å²) in [4.78, 5) is 11.6. The molecular formula is C11H15N3. The number of nitrogens with zero attached hydrogens (tertiary/aromatic N) is 2. The molecule has 0 radical (unpaired) electrons. The zero-order valence-electron chi connectivity index (χ0n) is 8.83. The predicted molar refractivity (Wildman–Crippen MR) is 57.3 cm³/mol. The lowest BCUT2D eigenvalue weighted by molar-refractivity contribution is 0.726. The monoisotopic (exact) mass is 189 g/mol. The van der Waals surface area contributed by atoms with Crippen molar-refractivity contribution in [3.63, 3.8) is 0 Å². The molecule has 0 aliphatic heterocycles. The van der Waals surface area contributed by atoms with Gasteiger partial charge in [-0.1, -0.05) is 13.8 Å². The van der Waals surface area contributed by atoms with Crippen LogP contribution in [0.1, 0.15) is 37.3 Å². The van der Waals surface area contributed by atoms with E-state index in [1.807, 2.05) is 6.20 Å². The normalized spacial score (nSPS) is 13.4. The molecule has 0 aliphatic carbocycles. The Morgan fingerprint density at radius 1 is 1.43 bits per heavy atom. The number of fused-ring (bicyclic) bond motifs is 1. The van der Waals surface area contributed by atoms with Gasteiger partial charge in [0.1, 0.15) is 0 Å². The standard InChI is InChI=1S/C11H15N3/c1-4-7(2)9-5-12-11-10(8(9)3)13-6-14-11/h5-7H,4H2,1-3H3,(H,12,13,14). The molecule has 0 amide bonds. The van der Waals surface area contributed by atoms with E-state index < -0.39 is 0 Å². The second-order valence-electron chi connectivity index (χ2n) is 3.75. The Bertz CT molecular complexity index is 445. The van der Waals surface area contributed by atoms with E-state index >= 15 is 0 Å². The Morgan fingerprint density at radius 2 is 2.21 bits per heavy atom. The molecule has 2 aromatic rings. The third-order valence-electron chi connectivity index (χ3n) is 2.90. The van der Waals surface area contributed by atoms with Gasteiger partial charge in [0, 0.05) is 6.20 Å². The third kappa shape index (κ3) is 1.29. The number of H-pyrrole nitrogens is 1. The summed E-state index contributed by atoms with van der Waals surface area (Å²) in [7, 11) is 0. The average Bonchev–Trinajstić information content (AvgIpc) is 2.66. The molecule has 2 rings (SSSR count). The van der Waals surface area contributed by atoms with Gasteiger partial charge < -0.3 is 4.98 Å². The summed E-state index contributed by atoms with van der Waals surface area (Å²) in [5.41, 5.74) is 4.49.